The molecular formula is C14H19N5O3S3. The van der Waals surface area contributed by atoms with Crippen molar-refractivity contribution in [2.24, 2.45) is 0 Å². The Morgan fingerprint density at radius 2 is 2.04 bits per heavy atom. The molecule has 11 heteroatoms. The van der Waals surface area contributed by atoms with Crippen LogP contribution in [0, 0.1) is 6.92 Å². The average Bonchev–Trinajstić information content (AvgIpc) is 2.94. The van der Waals surface area contributed by atoms with Gasteiger partial charge in [-0.25, -0.2) is 12.7 Å². The van der Waals surface area contributed by atoms with Crippen molar-refractivity contribution in [2.75, 3.05) is 25.1 Å². The topological polar surface area (TPSA) is 118 Å². The van der Waals surface area contributed by atoms with Crippen LogP contribution in [0.15, 0.2) is 27.4 Å². The lowest BCUT2D eigenvalue weighted by Crippen LogP contribution is -2.24. The van der Waals surface area contributed by atoms with Crippen molar-refractivity contribution in [1.82, 2.24) is 14.5 Å². The number of nitrogen functional groups attached to an aromatic ring is 1. The van der Waals surface area contributed by atoms with Gasteiger partial charge in [0.2, 0.25) is 21.1 Å². The lowest BCUT2D eigenvalue weighted by molar-refractivity contribution is -0.115. The summed E-state index contributed by atoms with van der Waals surface area (Å²) >= 11 is 2.44. The van der Waals surface area contributed by atoms with E-state index >= 15 is 0 Å². The zero-order chi connectivity index (χ0) is 18.8. The van der Waals surface area contributed by atoms with Crippen molar-refractivity contribution < 1.29 is 13.2 Å². The summed E-state index contributed by atoms with van der Waals surface area (Å²) in [5.41, 5.74) is 6.75. The molecule has 25 heavy (non-hydrogen) atoms. The number of rotatable bonds is 6. The lowest BCUT2D eigenvalue weighted by atomic mass is 10.2. The van der Waals surface area contributed by atoms with E-state index in [4.69, 9.17) is 5.73 Å². The third-order valence-electron chi connectivity index (χ3n) is 3.31. The van der Waals surface area contributed by atoms with Crippen molar-refractivity contribution in [3.8, 4) is 0 Å². The van der Waals surface area contributed by atoms with E-state index in [0.717, 1.165) is 9.87 Å². The summed E-state index contributed by atoms with van der Waals surface area (Å²) in [6.07, 6.45) is 0. The van der Waals surface area contributed by atoms with Gasteiger partial charge in [-0.1, -0.05) is 29.2 Å². The largest absolute Gasteiger partial charge is 0.374 e. The summed E-state index contributed by atoms with van der Waals surface area (Å²) in [7, 11) is -0.655. The number of nitrogens with one attached hydrogen (secondary N) is 1. The maximum atomic E-state index is 12.4. The maximum absolute atomic E-state index is 12.4. The van der Waals surface area contributed by atoms with Gasteiger partial charge in [0, 0.05) is 19.8 Å². The van der Waals surface area contributed by atoms with Crippen LogP contribution < -0.4 is 11.1 Å². The van der Waals surface area contributed by atoms with Gasteiger partial charge >= 0.3 is 0 Å². The number of carbonyl (C=O) groups excluding carboxylic acids is 1. The van der Waals surface area contributed by atoms with Crippen LogP contribution in [-0.4, -0.2) is 48.2 Å². The molecule has 0 fully saturated rings. The summed E-state index contributed by atoms with van der Waals surface area (Å²) < 4.78 is 26.2. The molecule has 1 atom stereocenters. The molecule has 0 radical (unpaired) electrons. The fourth-order valence-corrected chi connectivity index (χ4v) is 4.52. The number of hydrogen-bond acceptors (Lipinski definition) is 8. The monoisotopic (exact) mass is 401 g/mol. The number of hydrogen-bond donors (Lipinski definition) is 2. The number of carbonyl (C=O) groups is 1. The van der Waals surface area contributed by atoms with E-state index in [1.165, 1.54) is 49.3 Å². The molecule has 8 nitrogen and oxygen atoms in total. The van der Waals surface area contributed by atoms with Crippen LogP contribution in [-0.2, 0) is 14.8 Å². The van der Waals surface area contributed by atoms with Gasteiger partial charge in [-0.3, -0.25) is 4.79 Å². The summed E-state index contributed by atoms with van der Waals surface area (Å²) in [4.78, 5) is 12.5. The minimum Gasteiger partial charge on any atom is -0.374 e. The molecule has 2 rings (SSSR count). The predicted octanol–water partition coefficient (Wildman–Crippen LogP) is 1.80. The molecule has 3 N–H and O–H groups in total. The van der Waals surface area contributed by atoms with Crippen molar-refractivity contribution in [3.63, 3.8) is 0 Å². The van der Waals surface area contributed by atoms with Crippen LogP contribution in [0.3, 0.4) is 0 Å². The molecule has 0 bridgehead atoms. The second-order valence-corrected chi connectivity index (χ2v) is 10.2. The highest BCUT2D eigenvalue weighted by Gasteiger charge is 2.21. The second kappa shape index (κ2) is 7.68. The molecule has 0 saturated carbocycles. The standard InChI is InChI=1S/C14H19N5O3S3/c1-8-5-6-10(25(21,22)19(3)4)7-11(8)16-12(20)9(2)23-14-18-17-13(15)24-14/h5-7,9H,1-4H3,(H2,15,17)(H,16,20). The Bertz CT molecular complexity index is 880. The fraction of sp³-hybridized carbons (Fsp3) is 0.357. The molecule has 136 valence electrons. The van der Waals surface area contributed by atoms with Gasteiger partial charge in [0.1, 0.15) is 0 Å². The van der Waals surface area contributed by atoms with Crippen LogP contribution in [0.1, 0.15) is 12.5 Å². The zero-order valence-corrected chi connectivity index (χ0v) is 16.6. The zero-order valence-electron chi connectivity index (χ0n) is 14.2. The van der Waals surface area contributed by atoms with Crippen LogP contribution in [0.5, 0.6) is 0 Å². The number of anilines is 2. The lowest BCUT2D eigenvalue weighted by Gasteiger charge is -2.15. The van der Waals surface area contributed by atoms with Crippen molar-refractivity contribution >= 4 is 49.8 Å². The predicted molar refractivity (Wildman–Crippen MR) is 100 cm³/mol. The number of thioether (sulfide) groups is 1. The molecule has 1 aromatic carbocycles. The number of amides is 1. The molecular weight excluding hydrogens is 382 g/mol. The molecule has 0 aliphatic rings. The fourth-order valence-electron chi connectivity index (χ4n) is 1.81. The van der Waals surface area contributed by atoms with E-state index in [1.807, 2.05) is 0 Å². The SMILES string of the molecule is Cc1ccc(S(=O)(=O)N(C)C)cc1NC(=O)C(C)Sc1nnc(N)s1. The first-order valence-electron chi connectivity index (χ1n) is 7.21. The Labute approximate surface area is 154 Å². The van der Waals surface area contributed by atoms with E-state index < -0.39 is 15.3 Å². The molecule has 2 aromatic rings. The van der Waals surface area contributed by atoms with Gasteiger partial charge in [0.05, 0.1) is 10.1 Å². The first-order chi connectivity index (χ1) is 11.6. The molecule has 0 spiro atoms. The quantitative estimate of drug-likeness (QED) is 0.709. The van der Waals surface area contributed by atoms with E-state index in [0.29, 0.717) is 15.2 Å². The van der Waals surface area contributed by atoms with E-state index in [-0.39, 0.29) is 10.8 Å². The van der Waals surface area contributed by atoms with Gasteiger partial charge in [0.15, 0.2) is 4.34 Å². The second-order valence-electron chi connectivity index (χ2n) is 5.42. The molecule has 1 unspecified atom stereocenters. The normalized spacial score (nSPS) is 13.0. The van der Waals surface area contributed by atoms with Crippen molar-refractivity contribution in [1.29, 1.82) is 0 Å². The van der Waals surface area contributed by atoms with Gasteiger partial charge < -0.3 is 11.1 Å². The molecule has 1 aromatic heterocycles. The first-order valence-corrected chi connectivity index (χ1v) is 10.3. The minimum absolute atomic E-state index is 0.121. The number of nitrogens with zero attached hydrogens (tertiary/aromatic N) is 3. The molecule has 0 saturated heterocycles. The molecule has 1 heterocycles. The average molecular weight is 402 g/mol. The van der Waals surface area contributed by atoms with Gasteiger partial charge in [-0.15, -0.1) is 10.2 Å². The van der Waals surface area contributed by atoms with Gasteiger partial charge in [-0.2, -0.15) is 0 Å². The number of benzene rings is 1. The third kappa shape index (κ3) is 4.69. The Morgan fingerprint density at radius 1 is 1.36 bits per heavy atom. The first kappa shape index (κ1) is 19.6. The Kier molecular flexibility index (Phi) is 6.03. The number of aryl methyl sites for hydroxylation is 1. The van der Waals surface area contributed by atoms with Crippen LogP contribution >= 0.6 is 23.1 Å². The Hall–Kier alpha value is -1.69. The Balaban J connectivity index is 2.17. The van der Waals surface area contributed by atoms with Crippen LogP contribution in [0.4, 0.5) is 10.8 Å². The minimum atomic E-state index is -3.57. The smallest absolute Gasteiger partial charge is 0.242 e. The van der Waals surface area contributed by atoms with E-state index in [9.17, 15) is 13.2 Å². The highest BCUT2D eigenvalue weighted by atomic mass is 32.2. The summed E-state index contributed by atoms with van der Waals surface area (Å²) in [5.74, 6) is -0.263. The molecule has 0 aliphatic heterocycles. The van der Waals surface area contributed by atoms with Gasteiger partial charge in [-0.05, 0) is 31.5 Å². The van der Waals surface area contributed by atoms with Crippen LogP contribution in [0.25, 0.3) is 0 Å². The van der Waals surface area contributed by atoms with Crippen molar-refractivity contribution in [2.45, 2.75) is 28.3 Å². The summed E-state index contributed by atoms with van der Waals surface area (Å²) in [6.45, 7) is 3.53. The van der Waals surface area contributed by atoms with E-state index in [1.54, 1.807) is 19.9 Å². The number of nitrogens with two attached hydrogens (primary N) is 1. The third-order valence-corrected chi connectivity index (χ3v) is 7.06. The number of aromatic nitrogens is 2. The van der Waals surface area contributed by atoms with Crippen LogP contribution in [0.2, 0.25) is 0 Å². The van der Waals surface area contributed by atoms with E-state index in [2.05, 4.69) is 15.5 Å². The summed E-state index contributed by atoms with van der Waals surface area (Å²) in [5, 5.41) is 10.2. The molecule has 0 aliphatic carbocycles. The van der Waals surface area contributed by atoms with Gasteiger partial charge in [0.25, 0.3) is 0 Å². The Morgan fingerprint density at radius 3 is 2.60 bits per heavy atom. The summed E-state index contributed by atoms with van der Waals surface area (Å²) in [6, 6.07) is 4.64. The highest BCUT2D eigenvalue weighted by molar-refractivity contribution is 8.02. The highest BCUT2D eigenvalue weighted by Crippen LogP contribution is 2.29. The maximum Gasteiger partial charge on any atom is 0.242 e. The number of sulfonamides is 1. The molecule has 1 amide bonds. The van der Waals surface area contributed by atoms with Crippen molar-refractivity contribution in [3.05, 3.63) is 23.8 Å².